The first-order valence-corrected chi connectivity index (χ1v) is 9.42. The van der Waals surface area contributed by atoms with E-state index in [-0.39, 0.29) is 12.5 Å². The first-order chi connectivity index (χ1) is 10.4. The molecule has 0 radical (unpaired) electrons. The Hall–Kier alpha value is -0.340. The van der Waals surface area contributed by atoms with Crippen LogP contribution >= 0.6 is 0 Å². The van der Waals surface area contributed by atoms with Gasteiger partial charge in [0.25, 0.3) is 0 Å². The SMILES string of the molecule is CC(C)[C@H]1CC[C@@H](C)[C@@H]2CCC(C)[C@@]3(O)C2C=C(CO)C[C@@H]13. The summed E-state index contributed by atoms with van der Waals surface area (Å²) in [5, 5.41) is 21.6. The third-order valence-electron chi connectivity index (χ3n) is 7.47. The highest BCUT2D eigenvalue weighted by Gasteiger charge is 2.57. The molecule has 2 nitrogen and oxygen atoms in total. The number of hydrogen-bond donors (Lipinski definition) is 2. The average molecular weight is 306 g/mol. The van der Waals surface area contributed by atoms with E-state index in [0.717, 1.165) is 12.8 Å². The molecule has 0 aromatic carbocycles. The van der Waals surface area contributed by atoms with Crippen molar-refractivity contribution in [2.75, 3.05) is 6.61 Å². The van der Waals surface area contributed by atoms with Crippen LogP contribution in [-0.2, 0) is 0 Å². The molecule has 0 aromatic rings. The zero-order valence-corrected chi connectivity index (χ0v) is 14.8. The molecular weight excluding hydrogens is 272 g/mol. The highest BCUT2D eigenvalue weighted by atomic mass is 16.3. The van der Waals surface area contributed by atoms with E-state index in [0.29, 0.717) is 35.5 Å². The Morgan fingerprint density at radius 2 is 1.91 bits per heavy atom. The number of hydrogen-bond acceptors (Lipinski definition) is 2. The van der Waals surface area contributed by atoms with E-state index in [4.69, 9.17) is 0 Å². The van der Waals surface area contributed by atoms with Gasteiger partial charge in [-0.25, -0.2) is 0 Å². The Morgan fingerprint density at radius 3 is 2.55 bits per heavy atom. The lowest BCUT2D eigenvalue weighted by Crippen LogP contribution is -2.61. The molecule has 0 heterocycles. The summed E-state index contributed by atoms with van der Waals surface area (Å²) in [6.45, 7) is 9.45. The summed E-state index contributed by atoms with van der Waals surface area (Å²) in [4.78, 5) is 0. The fourth-order valence-electron chi connectivity index (χ4n) is 6.08. The molecule has 0 spiro atoms. The largest absolute Gasteiger partial charge is 0.392 e. The Labute approximate surface area is 136 Å². The highest BCUT2D eigenvalue weighted by Crippen LogP contribution is 2.58. The van der Waals surface area contributed by atoms with Crippen molar-refractivity contribution in [2.45, 2.75) is 65.4 Å². The van der Waals surface area contributed by atoms with Gasteiger partial charge in [-0.2, -0.15) is 0 Å². The van der Waals surface area contributed by atoms with Crippen LogP contribution in [-0.4, -0.2) is 22.4 Å². The smallest absolute Gasteiger partial charge is 0.0772 e. The van der Waals surface area contributed by atoms with Crippen LogP contribution in [0.15, 0.2) is 11.6 Å². The maximum Gasteiger partial charge on any atom is 0.0772 e. The molecule has 0 amide bonds. The quantitative estimate of drug-likeness (QED) is 0.756. The van der Waals surface area contributed by atoms with Gasteiger partial charge in [-0.15, -0.1) is 0 Å². The van der Waals surface area contributed by atoms with Crippen molar-refractivity contribution in [1.82, 2.24) is 0 Å². The first-order valence-electron chi connectivity index (χ1n) is 9.42. The van der Waals surface area contributed by atoms with E-state index in [1.807, 2.05) is 0 Å². The van der Waals surface area contributed by atoms with E-state index >= 15 is 0 Å². The highest BCUT2D eigenvalue weighted by molar-refractivity contribution is 5.22. The molecule has 22 heavy (non-hydrogen) atoms. The Morgan fingerprint density at radius 1 is 1.18 bits per heavy atom. The summed E-state index contributed by atoms with van der Waals surface area (Å²) >= 11 is 0. The minimum Gasteiger partial charge on any atom is -0.392 e. The van der Waals surface area contributed by atoms with Crippen LogP contribution in [0.2, 0.25) is 0 Å². The minimum atomic E-state index is -0.550. The van der Waals surface area contributed by atoms with Crippen LogP contribution < -0.4 is 0 Å². The third kappa shape index (κ3) is 2.38. The predicted molar refractivity (Wildman–Crippen MR) is 90.3 cm³/mol. The zero-order valence-electron chi connectivity index (χ0n) is 14.8. The topological polar surface area (TPSA) is 40.5 Å². The summed E-state index contributed by atoms with van der Waals surface area (Å²) < 4.78 is 0. The summed E-state index contributed by atoms with van der Waals surface area (Å²) in [6, 6.07) is 0. The molecule has 2 saturated carbocycles. The predicted octanol–water partition coefficient (Wildman–Crippen LogP) is 4.02. The molecule has 0 aliphatic heterocycles. The summed E-state index contributed by atoms with van der Waals surface area (Å²) in [7, 11) is 0. The second-order valence-electron chi connectivity index (χ2n) is 8.81. The van der Waals surface area contributed by atoms with Crippen LogP contribution in [0.4, 0.5) is 0 Å². The van der Waals surface area contributed by atoms with E-state index in [1.165, 1.54) is 24.8 Å². The van der Waals surface area contributed by atoms with Gasteiger partial charge in [-0.1, -0.05) is 40.2 Å². The van der Waals surface area contributed by atoms with Crippen LogP contribution in [0.25, 0.3) is 0 Å². The van der Waals surface area contributed by atoms with Crippen molar-refractivity contribution in [3.05, 3.63) is 11.6 Å². The van der Waals surface area contributed by atoms with Gasteiger partial charge in [0.15, 0.2) is 0 Å². The fraction of sp³-hybridized carbons (Fsp3) is 0.900. The van der Waals surface area contributed by atoms with Crippen molar-refractivity contribution < 1.29 is 10.2 Å². The van der Waals surface area contributed by atoms with E-state index in [1.54, 1.807) is 0 Å². The molecule has 2 fully saturated rings. The van der Waals surface area contributed by atoms with Gasteiger partial charge >= 0.3 is 0 Å². The van der Waals surface area contributed by atoms with E-state index < -0.39 is 5.60 Å². The first kappa shape index (κ1) is 16.5. The van der Waals surface area contributed by atoms with Crippen molar-refractivity contribution in [2.24, 2.45) is 41.4 Å². The molecule has 3 aliphatic rings. The minimum absolute atomic E-state index is 0.170. The summed E-state index contributed by atoms with van der Waals surface area (Å²) in [5.74, 6) is 3.42. The van der Waals surface area contributed by atoms with Gasteiger partial charge in [0.2, 0.25) is 0 Å². The normalized spacial score (nSPS) is 48.6. The number of rotatable bonds is 2. The second-order valence-corrected chi connectivity index (χ2v) is 8.81. The van der Waals surface area contributed by atoms with Crippen LogP contribution in [0, 0.1) is 41.4 Å². The molecule has 2 N–H and O–H groups in total. The monoisotopic (exact) mass is 306 g/mol. The van der Waals surface area contributed by atoms with Gasteiger partial charge in [0.1, 0.15) is 0 Å². The number of aliphatic hydroxyl groups is 2. The van der Waals surface area contributed by atoms with E-state index in [2.05, 4.69) is 33.8 Å². The van der Waals surface area contributed by atoms with Crippen molar-refractivity contribution in [3.63, 3.8) is 0 Å². The van der Waals surface area contributed by atoms with Gasteiger partial charge in [0, 0.05) is 5.92 Å². The lowest BCUT2D eigenvalue weighted by atomic mass is 9.49. The Bertz CT molecular complexity index is 441. The van der Waals surface area contributed by atoms with Crippen LogP contribution in [0.5, 0.6) is 0 Å². The Balaban J connectivity index is 2.10. The van der Waals surface area contributed by atoms with Gasteiger partial charge in [-0.3, -0.25) is 0 Å². The molecule has 0 aromatic heterocycles. The van der Waals surface area contributed by atoms with Crippen molar-refractivity contribution in [1.29, 1.82) is 0 Å². The molecular formula is C20H34O2. The van der Waals surface area contributed by atoms with Crippen LogP contribution in [0.1, 0.15) is 59.8 Å². The second kappa shape index (κ2) is 5.94. The molecule has 3 rings (SSSR count). The lowest BCUT2D eigenvalue weighted by Gasteiger charge is -2.59. The number of aliphatic hydroxyl groups excluding tert-OH is 1. The fourth-order valence-corrected chi connectivity index (χ4v) is 6.08. The van der Waals surface area contributed by atoms with Gasteiger partial charge in [-0.05, 0) is 66.8 Å². The molecule has 0 saturated heterocycles. The molecule has 126 valence electrons. The molecule has 4 bridgehead atoms. The maximum atomic E-state index is 11.9. The third-order valence-corrected chi connectivity index (χ3v) is 7.47. The van der Waals surface area contributed by atoms with Crippen LogP contribution in [0.3, 0.4) is 0 Å². The van der Waals surface area contributed by atoms with Crippen molar-refractivity contribution in [3.8, 4) is 0 Å². The standard InChI is InChI=1S/C20H34O2/c1-12(2)16-7-5-13(3)17-8-6-14(4)20(22)18(16)9-15(11-21)10-19(17)20/h10,12-14,16-19,21-22H,5-9,11H2,1-4H3/t13-,14?,16-,17+,18+,19?,20+/m1/s1. The lowest BCUT2D eigenvalue weighted by molar-refractivity contribution is -0.175. The zero-order chi connectivity index (χ0) is 16.1. The summed E-state index contributed by atoms with van der Waals surface area (Å²) in [5.41, 5.74) is 0.629. The molecule has 2 heteroatoms. The van der Waals surface area contributed by atoms with Gasteiger partial charge in [0.05, 0.1) is 12.2 Å². The summed E-state index contributed by atoms with van der Waals surface area (Å²) in [6.07, 6.45) is 8.11. The molecule has 7 atom stereocenters. The van der Waals surface area contributed by atoms with E-state index in [9.17, 15) is 10.2 Å². The molecule has 2 unspecified atom stereocenters. The maximum absolute atomic E-state index is 11.9. The molecule has 3 aliphatic carbocycles. The average Bonchev–Trinajstić information content (AvgIpc) is 2.48. The van der Waals surface area contributed by atoms with Gasteiger partial charge < -0.3 is 10.2 Å². The Kier molecular flexibility index (Phi) is 4.46. The van der Waals surface area contributed by atoms with Crippen molar-refractivity contribution >= 4 is 0 Å².